The highest BCUT2D eigenvalue weighted by atomic mass is 16.5. The number of para-hydroxylation sites is 1. The molecule has 0 radical (unpaired) electrons. The summed E-state index contributed by atoms with van der Waals surface area (Å²) < 4.78 is 4.88. The normalized spacial score (nSPS) is 11.0. The Morgan fingerprint density at radius 3 is 2.48 bits per heavy atom. The Morgan fingerprint density at radius 2 is 1.95 bits per heavy atom. The van der Waals surface area contributed by atoms with E-state index in [1.807, 2.05) is 20.2 Å². The maximum Gasteiger partial charge on any atom is 0.340 e. The summed E-state index contributed by atoms with van der Waals surface area (Å²) in [7, 11) is 5.45. The average Bonchev–Trinajstić information content (AvgIpc) is 2.42. The van der Waals surface area contributed by atoms with Gasteiger partial charge in [0.25, 0.3) is 0 Å². The van der Waals surface area contributed by atoms with Crippen molar-refractivity contribution in [3.63, 3.8) is 0 Å². The molecule has 0 unspecified atom stereocenters. The number of anilines is 2. The Kier molecular flexibility index (Phi) is 6.49. The van der Waals surface area contributed by atoms with Crippen molar-refractivity contribution in [1.29, 1.82) is 0 Å². The number of nitrogen functional groups attached to an aromatic ring is 1. The minimum absolute atomic E-state index is 0.351. The molecule has 0 heterocycles. The standard InChI is InChI=1S/C16H27N3O2/c1-12(2)11-19(10-9-18(3)4)15-13(16(20)21-5)7-6-8-14(15)17/h6-8,12H,9-11,17H2,1-5H3. The molecule has 0 bridgehead atoms. The predicted molar refractivity (Wildman–Crippen MR) is 87.8 cm³/mol. The maximum atomic E-state index is 12.0. The fourth-order valence-corrected chi connectivity index (χ4v) is 2.24. The smallest absolute Gasteiger partial charge is 0.340 e. The quantitative estimate of drug-likeness (QED) is 0.616. The highest BCUT2D eigenvalue weighted by Crippen LogP contribution is 2.29. The second-order valence-electron chi connectivity index (χ2n) is 5.88. The third-order valence-corrected chi connectivity index (χ3v) is 3.19. The van der Waals surface area contributed by atoms with Crippen molar-refractivity contribution in [3.05, 3.63) is 23.8 Å². The molecule has 5 heteroatoms. The molecule has 0 aromatic heterocycles. The van der Waals surface area contributed by atoms with Crippen molar-refractivity contribution in [2.24, 2.45) is 5.92 Å². The van der Waals surface area contributed by atoms with Gasteiger partial charge in [-0.3, -0.25) is 0 Å². The Bertz CT molecular complexity index is 473. The average molecular weight is 293 g/mol. The van der Waals surface area contributed by atoms with Crippen LogP contribution in [0.3, 0.4) is 0 Å². The summed E-state index contributed by atoms with van der Waals surface area (Å²) in [5, 5.41) is 0. The molecule has 1 rings (SSSR count). The van der Waals surface area contributed by atoms with Crippen LogP contribution in [0, 0.1) is 5.92 Å². The number of carbonyl (C=O) groups excluding carboxylic acids is 1. The summed E-state index contributed by atoms with van der Waals surface area (Å²) in [6, 6.07) is 5.37. The van der Waals surface area contributed by atoms with Crippen LogP contribution in [0.1, 0.15) is 24.2 Å². The topological polar surface area (TPSA) is 58.8 Å². The first kappa shape index (κ1) is 17.3. The summed E-state index contributed by atoms with van der Waals surface area (Å²) in [5.74, 6) is 0.119. The number of rotatable bonds is 7. The van der Waals surface area contributed by atoms with E-state index in [2.05, 4.69) is 23.6 Å². The van der Waals surface area contributed by atoms with Gasteiger partial charge in [0.15, 0.2) is 0 Å². The zero-order valence-electron chi connectivity index (χ0n) is 13.7. The van der Waals surface area contributed by atoms with E-state index in [0.29, 0.717) is 17.2 Å². The Morgan fingerprint density at radius 1 is 1.29 bits per heavy atom. The third kappa shape index (κ3) is 4.93. The van der Waals surface area contributed by atoms with Gasteiger partial charge in [0.05, 0.1) is 24.0 Å². The number of nitrogens with zero attached hydrogens (tertiary/aromatic N) is 2. The molecule has 0 atom stereocenters. The van der Waals surface area contributed by atoms with Gasteiger partial charge < -0.3 is 20.3 Å². The molecule has 1 aromatic carbocycles. The summed E-state index contributed by atoms with van der Waals surface area (Å²) >= 11 is 0. The Balaban J connectivity index is 3.18. The van der Waals surface area contributed by atoms with Gasteiger partial charge in [-0.05, 0) is 32.1 Å². The van der Waals surface area contributed by atoms with Gasteiger partial charge in [-0.1, -0.05) is 19.9 Å². The van der Waals surface area contributed by atoms with E-state index >= 15 is 0 Å². The molecule has 0 aliphatic rings. The third-order valence-electron chi connectivity index (χ3n) is 3.19. The van der Waals surface area contributed by atoms with Crippen molar-refractivity contribution in [1.82, 2.24) is 4.90 Å². The fourth-order valence-electron chi connectivity index (χ4n) is 2.24. The van der Waals surface area contributed by atoms with Crippen LogP contribution in [-0.2, 0) is 4.74 Å². The van der Waals surface area contributed by atoms with Crippen molar-refractivity contribution in [3.8, 4) is 0 Å². The second-order valence-corrected chi connectivity index (χ2v) is 5.88. The van der Waals surface area contributed by atoms with E-state index in [1.54, 1.807) is 12.1 Å². The van der Waals surface area contributed by atoms with E-state index in [-0.39, 0.29) is 5.97 Å². The lowest BCUT2D eigenvalue weighted by Crippen LogP contribution is -2.36. The number of hydrogen-bond acceptors (Lipinski definition) is 5. The molecule has 1 aromatic rings. The highest BCUT2D eigenvalue weighted by Gasteiger charge is 2.20. The van der Waals surface area contributed by atoms with Crippen molar-refractivity contribution < 1.29 is 9.53 Å². The molecule has 0 aliphatic heterocycles. The first-order valence-electron chi connectivity index (χ1n) is 7.23. The lowest BCUT2D eigenvalue weighted by atomic mass is 10.1. The van der Waals surface area contributed by atoms with Crippen LogP contribution in [0.15, 0.2) is 18.2 Å². The predicted octanol–water partition coefficient (Wildman–Crippen LogP) is 2.08. The number of nitrogens with two attached hydrogens (primary N) is 1. The first-order valence-corrected chi connectivity index (χ1v) is 7.23. The van der Waals surface area contributed by atoms with Gasteiger partial charge in [0.2, 0.25) is 0 Å². The number of esters is 1. The Hall–Kier alpha value is -1.75. The minimum Gasteiger partial charge on any atom is -0.465 e. The van der Waals surface area contributed by atoms with Gasteiger partial charge in [0, 0.05) is 19.6 Å². The molecule has 5 nitrogen and oxygen atoms in total. The zero-order chi connectivity index (χ0) is 16.0. The monoisotopic (exact) mass is 293 g/mol. The van der Waals surface area contributed by atoms with Crippen LogP contribution >= 0.6 is 0 Å². The van der Waals surface area contributed by atoms with Crippen LogP contribution in [0.2, 0.25) is 0 Å². The number of likely N-dealkylation sites (N-methyl/N-ethyl adjacent to an activating group) is 1. The van der Waals surface area contributed by atoms with Crippen molar-refractivity contribution in [2.75, 3.05) is 51.5 Å². The van der Waals surface area contributed by atoms with Gasteiger partial charge >= 0.3 is 5.97 Å². The van der Waals surface area contributed by atoms with E-state index in [1.165, 1.54) is 7.11 Å². The van der Waals surface area contributed by atoms with Crippen molar-refractivity contribution >= 4 is 17.3 Å². The van der Waals surface area contributed by atoms with Crippen LogP contribution in [0.25, 0.3) is 0 Å². The van der Waals surface area contributed by atoms with Crippen molar-refractivity contribution in [2.45, 2.75) is 13.8 Å². The highest BCUT2D eigenvalue weighted by molar-refractivity contribution is 5.99. The summed E-state index contributed by atoms with van der Waals surface area (Å²) in [4.78, 5) is 16.3. The summed E-state index contributed by atoms with van der Waals surface area (Å²) in [5.41, 5.74) is 8.05. The van der Waals surface area contributed by atoms with E-state index in [4.69, 9.17) is 10.5 Å². The number of hydrogen-bond donors (Lipinski definition) is 1. The Labute approximate surface area is 127 Å². The number of carbonyl (C=O) groups is 1. The maximum absolute atomic E-state index is 12.0. The van der Waals surface area contributed by atoms with E-state index < -0.39 is 0 Å². The zero-order valence-corrected chi connectivity index (χ0v) is 13.7. The fraction of sp³-hybridized carbons (Fsp3) is 0.562. The molecule has 0 saturated heterocycles. The number of benzene rings is 1. The van der Waals surface area contributed by atoms with Gasteiger partial charge in [-0.2, -0.15) is 0 Å². The SMILES string of the molecule is COC(=O)c1cccc(N)c1N(CCN(C)C)CC(C)C. The molecule has 2 N–H and O–H groups in total. The molecule has 21 heavy (non-hydrogen) atoms. The molecule has 0 spiro atoms. The van der Waals surface area contributed by atoms with Crippen LogP contribution in [0.4, 0.5) is 11.4 Å². The molecule has 0 saturated carbocycles. The van der Waals surface area contributed by atoms with Crippen LogP contribution in [0.5, 0.6) is 0 Å². The van der Waals surface area contributed by atoms with Crippen LogP contribution < -0.4 is 10.6 Å². The molecular formula is C16H27N3O2. The van der Waals surface area contributed by atoms with Gasteiger partial charge in [-0.15, -0.1) is 0 Å². The molecule has 0 fully saturated rings. The first-order chi connectivity index (χ1) is 9.86. The van der Waals surface area contributed by atoms with E-state index in [9.17, 15) is 4.79 Å². The second kappa shape index (κ2) is 7.88. The van der Waals surface area contributed by atoms with Gasteiger partial charge in [-0.25, -0.2) is 4.79 Å². The lowest BCUT2D eigenvalue weighted by Gasteiger charge is -2.30. The minimum atomic E-state index is -0.351. The van der Waals surface area contributed by atoms with Gasteiger partial charge in [0.1, 0.15) is 0 Å². The summed E-state index contributed by atoms with van der Waals surface area (Å²) in [6.07, 6.45) is 0. The molecule has 0 aliphatic carbocycles. The van der Waals surface area contributed by atoms with E-state index in [0.717, 1.165) is 25.3 Å². The molecule has 118 valence electrons. The lowest BCUT2D eigenvalue weighted by molar-refractivity contribution is 0.0601. The number of methoxy groups -OCH3 is 1. The molecule has 0 amide bonds. The molecular weight excluding hydrogens is 266 g/mol. The number of ether oxygens (including phenoxy) is 1. The summed E-state index contributed by atoms with van der Waals surface area (Å²) in [6.45, 7) is 6.84. The van der Waals surface area contributed by atoms with Crippen LogP contribution in [-0.4, -0.2) is 51.7 Å². The largest absolute Gasteiger partial charge is 0.465 e.